The van der Waals surface area contributed by atoms with Crippen LogP contribution >= 0.6 is 11.6 Å². The summed E-state index contributed by atoms with van der Waals surface area (Å²) in [6, 6.07) is 8.28. The van der Waals surface area contributed by atoms with Crippen LogP contribution in [-0.2, 0) is 11.2 Å². The van der Waals surface area contributed by atoms with Gasteiger partial charge in [0.2, 0.25) is 0 Å². The third kappa shape index (κ3) is 4.37. The maximum atomic E-state index is 5.90. The highest BCUT2D eigenvalue weighted by Gasteiger charge is 2.24. The van der Waals surface area contributed by atoms with Crippen molar-refractivity contribution in [3.05, 3.63) is 29.8 Å². The smallest absolute Gasteiger partial charge is 0.118 e. The summed E-state index contributed by atoms with van der Waals surface area (Å²) in [6.45, 7) is 5.08. The number of ether oxygens (including phenoxy) is 2. The molecule has 0 aromatic heterocycles. The summed E-state index contributed by atoms with van der Waals surface area (Å²) in [5.41, 5.74) is 1.34. The Morgan fingerprint density at radius 2 is 2.05 bits per heavy atom. The third-order valence-electron chi connectivity index (χ3n) is 3.45. The molecule has 0 bridgehead atoms. The van der Waals surface area contributed by atoms with Crippen molar-refractivity contribution in [2.75, 3.05) is 32.6 Å². The first-order chi connectivity index (χ1) is 9.21. The van der Waals surface area contributed by atoms with Gasteiger partial charge in [-0.2, -0.15) is 0 Å². The van der Waals surface area contributed by atoms with Crippen molar-refractivity contribution in [2.24, 2.45) is 0 Å². The molecule has 2 rings (SSSR count). The molecular weight excluding hydrogens is 262 g/mol. The van der Waals surface area contributed by atoms with Crippen molar-refractivity contribution >= 4 is 11.6 Å². The van der Waals surface area contributed by atoms with Crippen LogP contribution in [-0.4, -0.2) is 49.7 Å². The van der Waals surface area contributed by atoms with E-state index in [1.807, 2.05) is 12.1 Å². The van der Waals surface area contributed by atoms with Gasteiger partial charge in [-0.15, -0.1) is 11.6 Å². The lowest BCUT2D eigenvalue weighted by Crippen LogP contribution is -2.47. The molecule has 0 radical (unpaired) electrons. The van der Waals surface area contributed by atoms with E-state index in [9.17, 15) is 0 Å². The second kappa shape index (κ2) is 7.13. The van der Waals surface area contributed by atoms with E-state index in [-0.39, 0.29) is 12.2 Å². The van der Waals surface area contributed by atoms with Crippen molar-refractivity contribution < 1.29 is 9.47 Å². The molecule has 106 valence electrons. The minimum absolute atomic E-state index is 0.168. The number of benzene rings is 1. The summed E-state index contributed by atoms with van der Waals surface area (Å²) in [7, 11) is 1.69. The van der Waals surface area contributed by atoms with Crippen LogP contribution in [0.4, 0.5) is 0 Å². The van der Waals surface area contributed by atoms with Gasteiger partial charge in [-0.25, -0.2) is 0 Å². The molecule has 1 aliphatic heterocycles. The number of halogens is 1. The predicted octanol–water partition coefficient (Wildman–Crippen LogP) is 2.57. The van der Waals surface area contributed by atoms with Crippen LogP contribution < -0.4 is 4.74 Å². The first kappa shape index (κ1) is 14.6. The minimum Gasteiger partial charge on any atom is -0.497 e. The molecule has 1 saturated heterocycles. The van der Waals surface area contributed by atoms with E-state index < -0.39 is 0 Å². The summed E-state index contributed by atoms with van der Waals surface area (Å²) >= 11 is 5.90. The first-order valence-electron chi connectivity index (χ1n) is 6.78. The van der Waals surface area contributed by atoms with Gasteiger partial charge in [-0.3, -0.25) is 4.90 Å². The summed E-state index contributed by atoms with van der Waals surface area (Å²) in [6.07, 6.45) is 1.49. The highest BCUT2D eigenvalue weighted by atomic mass is 35.5. The van der Waals surface area contributed by atoms with Gasteiger partial charge in [0.05, 0.1) is 19.3 Å². The molecule has 1 aliphatic rings. The number of rotatable bonds is 5. The van der Waals surface area contributed by atoms with E-state index in [0.717, 1.165) is 31.8 Å². The Labute approximate surface area is 120 Å². The van der Waals surface area contributed by atoms with Gasteiger partial charge in [0.25, 0.3) is 0 Å². The van der Waals surface area contributed by atoms with E-state index in [4.69, 9.17) is 21.1 Å². The van der Waals surface area contributed by atoms with Crippen LogP contribution in [0, 0.1) is 0 Å². The molecule has 4 heteroatoms. The molecule has 0 saturated carbocycles. The number of hydrogen-bond acceptors (Lipinski definition) is 3. The van der Waals surface area contributed by atoms with Crippen LogP contribution in [0.1, 0.15) is 12.5 Å². The average Bonchev–Trinajstić information content (AvgIpc) is 2.45. The van der Waals surface area contributed by atoms with E-state index in [1.54, 1.807) is 7.11 Å². The number of nitrogens with zero attached hydrogens (tertiary/aromatic N) is 1. The molecule has 1 aromatic carbocycles. The van der Waals surface area contributed by atoms with Crippen LogP contribution in [0.25, 0.3) is 0 Å². The standard InChI is InChI=1S/C15H22ClNO2/c1-12-10-17(11-15(9-16)19-12)8-7-13-3-5-14(18-2)6-4-13/h3-6,12,15H,7-11H2,1-2H3. The SMILES string of the molecule is COc1ccc(CCN2CC(C)OC(CCl)C2)cc1. The summed E-state index contributed by atoms with van der Waals surface area (Å²) in [5, 5.41) is 0. The summed E-state index contributed by atoms with van der Waals surface area (Å²) in [5.74, 6) is 1.48. The molecule has 1 heterocycles. The normalized spacial score (nSPS) is 24.4. The molecule has 1 fully saturated rings. The fourth-order valence-electron chi connectivity index (χ4n) is 2.49. The zero-order valence-corrected chi connectivity index (χ0v) is 12.4. The Hall–Kier alpha value is -0.770. The largest absolute Gasteiger partial charge is 0.497 e. The Balaban J connectivity index is 1.83. The van der Waals surface area contributed by atoms with E-state index in [0.29, 0.717) is 5.88 Å². The second-order valence-electron chi connectivity index (χ2n) is 5.08. The van der Waals surface area contributed by atoms with Crippen LogP contribution in [0.2, 0.25) is 0 Å². The molecule has 3 nitrogen and oxygen atoms in total. The Bertz CT molecular complexity index is 382. The first-order valence-corrected chi connectivity index (χ1v) is 7.31. The highest BCUT2D eigenvalue weighted by molar-refractivity contribution is 6.18. The van der Waals surface area contributed by atoms with E-state index in [2.05, 4.69) is 24.0 Å². The van der Waals surface area contributed by atoms with Gasteiger partial charge in [0, 0.05) is 25.5 Å². The molecule has 0 aliphatic carbocycles. The monoisotopic (exact) mass is 283 g/mol. The lowest BCUT2D eigenvalue weighted by atomic mass is 10.1. The molecule has 2 unspecified atom stereocenters. The topological polar surface area (TPSA) is 21.7 Å². The molecule has 0 amide bonds. The number of alkyl halides is 1. The van der Waals surface area contributed by atoms with Gasteiger partial charge >= 0.3 is 0 Å². The zero-order chi connectivity index (χ0) is 13.7. The lowest BCUT2D eigenvalue weighted by molar-refractivity contribution is -0.0659. The van der Waals surface area contributed by atoms with Crippen LogP contribution in [0.3, 0.4) is 0 Å². The fraction of sp³-hybridized carbons (Fsp3) is 0.600. The molecule has 0 spiro atoms. The number of hydrogen-bond donors (Lipinski definition) is 0. The minimum atomic E-state index is 0.168. The van der Waals surface area contributed by atoms with Crippen molar-refractivity contribution in [2.45, 2.75) is 25.6 Å². The molecule has 0 N–H and O–H groups in total. The van der Waals surface area contributed by atoms with E-state index >= 15 is 0 Å². The maximum absolute atomic E-state index is 5.90. The van der Waals surface area contributed by atoms with Gasteiger partial charge in [-0.1, -0.05) is 12.1 Å². The lowest BCUT2D eigenvalue weighted by Gasteiger charge is -2.36. The van der Waals surface area contributed by atoms with Crippen molar-refractivity contribution in [1.29, 1.82) is 0 Å². The second-order valence-corrected chi connectivity index (χ2v) is 5.39. The van der Waals surface area contributed by atoms with Crippen molar-refractivity contribution in [3.8, 4) is 5.75 Å². The predicted molar refractivity (Wildman–Crippen MR) is 78.2 cm³/mol. The summed E-state index contributed by atoms with van der Waals surface area (Å²) < 4.78 is 10.9. The molecule has 2 atom stereocenters. The maximum Gasteiger partial charge on any atom is 0.118 e. The molecular formula is C15H22ClNO2. The third-order valence-corrected chi connectivity index (χ3v) is 3.79. The number of methoxy groups -OCH3 is 1. The van der Waals surface area contributed by atoms with Crippen molar-refractivity contribution in [3.63, 3.8) is 0 Å². The van der Waals surface area contributed by atoms with Gasteiger partial charge in [0.15, 0.2) is 0 Å². The quantitative estimate of drug-likeness (QED) is 0.775. The van der Waals surface area contributed by atoms with Gasteiger partial charge < -0.3 is 9.47 Å². The number of morpholine rings is 1. The Morgan fingerprint density at radius 1 is 1.32 bits per heavy atom. The van der Waals surface area contributed by atoms with Crippen molar-refractivity contribution in [1.82, 2.24) is 4.90 Å². The fourth-order valence-corrected chi connectivity index (χ4v) is 2.66. The van der Waals surface area contributed by atoms with E-state index in [1.165, 1.54) is 5.56 Å². The molecule has 19 heavy (non-hydrogen) atoms. The van der Waals surface area contributed by atoms with Crippen LogP contribution in [0.15, 0.2) is 24.3 Å². The zero-order valence-electron chi connectivity index (χ0n) is 11.6. The van der Waals surface area contributed by atoms with Gasteiger partial charge in [-0.05, 0) is 31.0 Å². The Kier molecular flexibility index (Phi) is 5.49. The average molecular weight is 284 g/mol. The van der Waals surface area contributed by atoms with Gasteiger partial charge in [0.1, 0.15) is 5.75 Å². The molecule has 1 aromatic rings. The summed E-state index contributed by atoms with van der Waals surface area (Å²) in [4.78, 5) is 2.44. The highest BCUT2D eigenvalue weighted by Crippen LogP contribution is 2.15. The van der Waals surface area contributed by atoms with Crippen LogP contribution in [0.5, 0.6) is 5.75 Å². The Morgan fingerprint density at radius 3 is 2.68 bits per heavy atom.